The van der Waals surface area contributed by atoms with Crippen molar-refractivity contribution >= 4 is 32.2 Å². The summed E-state index contributed by atoms with van der Waals surface area (Å²) in [4.78, 5) is 24.4. The Kier molecular flexibility index (Phi) is 7.01. The van der Waals surface area contributed by atoms with E-state index in [-0.39, 0.29) is 0 Å². The highest BCUT2D eigenvalue weighted by molar-refractivity contribution is 7.90. The maximum absolute atomic E-state index is 13.2. The zero-order chi connectivity index (χ0) is 24.5. The molecule has 1 aromatic rings. The van der Waals surface area contributed by atoms with Gasteiger partial charge in [0.15, 0.2) is 0 Å². The summed E-state index contributed by atoms with van der Waals surface area (Å²) < 4.78 is 64.1. The molecule has 2 amide bonds. The van der Waals surface area contributed by atoms with Crippen LogP contribution in [0.2, 0.25) is 0 Å². The van der Waals surface area contributed by atoms with Crippen LogP contribution in [0.15, 0.2) is 46.2 Å². The Morgan fingerprint density at radius 1 is 0.750 bits per heavy atom. The van der Waals surface area contributed by atoms with Crippen molar-refractivity contribution in [3.8, 4) is 0 Å². The molecule has 0 fully saturated rings. The second-order valence-electron chi connectivity index (χ2n) is 8.98. The van der Waals surface area contributed by atoms with Crippen LogP contribution in [0.4, 0.5) is 9.59 Å². The minimum Gasteiger partial charge on any atom is -0.443 e. The first-order valence-corrected chi connectivity index (χ1v) is 12.6. The first-order chi connectivity index (χ1) is 14.4. The van der Waals surface area contributed by atoms with Crippen LogP contribution in [0, 0.1) is 0 Å². The van der Waals surface area contributed by atoms with E-state index >= 15 is 0 Å². The first kappa shape index (κ1) is 25.7. The van der Waals surface area contributed by atoms with Crippen molar-refractivity contribution in [2.75, 3.05) is 13.1 Å². The summed E-state index contributed by atoms with van der Waals surface area (Å²) in [6.07, 6.45) is 0.308. The van der Waals surface area contributed by atoms with Crippen LogP contribution >= 0.6 is 0 Å². The van der Waals surface area contributed by atoms with E-state index in [4.69, 9.17) is 9.47 Å². The lowest BCUT2D eigenvalue weighted by Crippen LogP contribution is -2.41. The van der Waals surface area contributed by atoms with Crippen molar-refractivity contribution in [1.29, 1.82) is 0 Å². The standard InChI is InChI=1S/C20H28N2O8S2/c1-19(2,3)29-17(23)21-12-7-8-13-22(18(24)30-20(4,5)6)32(27,28)16-11-9-10-15(14-16)31(21,25)26/h7-11,14H,12-13H2,1-6H3/b8-7-. The normalized spacial score (nSPS) is 19.4. The Hall–Kier alpha value is -2.60. The van der Waals surface area contributed by atoms with Gasteiger partial charge in [-0.2, -0.15) is 8.61 Å². The van der Waals surface area contributed by atoms with Crippen LogP contribution < -0.4 is 0 Å². The molecule has 0 aromatic heterocycles. The van der Waals surface area contributed by atoms with Crippen molar-refractivity contribution in [1.82, 2.24) is 8.61 Å². The SMILES string of the molecule is CC(C)(C)OC(=O)N1C/C=C\CN(C(=O)OC(C)(C)C)S(=O)(=O)c2cccc(c2)S1(=O)=O. The molecule has 1 aliphatic rings. The highest BCUT2D eigenvalue weighted by atomic mass is 32.2. The predicted molar refractivity (Wildman–Crippen MR) is 116 cm³/mol. The molecule has 1 heterocycles. The molecule has 2 rings (SSSR count). The van der Waals surface area contributed by atoms with Gasteiger partial charge in [0.1, 0.15) is 11.2 Å². The largest absolute Gasteiger partial charge is 0.443 e. The van der Waals surface area contributed by atoms with Crippen LogP contribution in [0.3, 0.4) is 0 Å². The summed E-state index contributed by atoms with van der Waals surface area (Å²) in [6, 6.07) is 4.42. The van der Waals surface area contributed by atoms with Crippen LogP contribution in [-0.2, 0) is 29.5 Å². The molecular weight excluding hydrogens is 460 g/mol. The molecule has 0 saturated carbocycles. The Labute approximate surface area is 188 Å². The number of hydrogen-bond acceptors (Lipinski definition) is 8. The molecule has 1 aliphatic heterocycles. The molecule has 0 unspecified atom stereocenters. The van der Waals surface area contributed by atoms with Crippen molar-refractivity contribution in [3.63, 3.8) is 0 Å². The molecule has 178 valence electrons. The zero-order valence-electron chi connectivity index (χ0n) is 18.9. The topological polar surface area (TPSA) is 127 Å². The summed E-state index contributed by atoms with van der Waals surface area (Å²) in [5.41, 5.74) is -1.91. The number of carbonyl (C=O) groups excluding carboxylic acids is 2. The van der Waals surface area contributed by atoms with Crippen molar-refractivity contribution in [3.05, 3.63) is 36.4 Å². The third kappa shape index (κ3) is 6.00. The van der Waals surface area contributed by atoms with E-state index in [1.807, 2.05) is 0 Å². The van der Waals surface area contributed by atoms with Crippen molar-refractivity contribution in [2.45, 2.75) is 62.5 Å². The maximum Gasteiger partial charge on any atom is 0.424 e. The first-order valence-electron chi connectivity index (χ1n) is 9.72. The van der Waals surface area contributed by atoms with Gasteiger partial charge in [-0.3, -0.25) is 0 Å². The van der Waals surface area contributed by atoms with Gasteiger partial charge in [-0.05, 0) is 59.7 Å². The lowest BCUT2D eigenvalue weighted by atomic mass is 10.2. The third-order valence-electron chi connectivity index (χ3n) is 3.88. The molecule has 32 heavy (non-hydrogen) atoms. The fourth-order valence-corrected chi connectivity index (χ4v) is 5.23. The zero-order valence-corrected chi connectivity index (χ0v) is 20.5. The third-order valence-corrected chi connectivity index (χ3v) is 7.34. The number of carbonyl (C=O) groups is 2. The van der Waals surface area contributed by atoms with Gasteiger partial charge in [0.25, 0.3) is 20.0 Å². The fourth-order valence-electron chi connectivity index (χ4n) is 2.56. The average molecular weight is 489 g/mol. The van der Waals surface area contributed by atoms with Gasteiger partial charge in [0.05, 0.1) is 22.9 Å². The predicted octanol–water partition coefficient (Wildman–Crippen LogP) is 3.11. The van der Waals surface area contributed by atoms with Crippen LogP contribution in [-0.4, -0.2) is 61.9 Å². The Morgan fingerprint density at radius 2 is 1.09 bits per heavy atom. The highest BCUT2D eigenvalue weighted by Crippen LogP contribution is 2.25. The molecule has 0 radical (unpaired) electrons. The summed E-state index contributed by atoms with van der Waals surface area (Å²) >= 11 is 0. The molecule has 10 nitrogen and oxygen atoms in total. The fraction of sp³-hybridized carbons (Fsp3) is 0.500. The lowest BCUT2D eigenvalue weighted by Gasteiger charge is -2.26. The molecule has 2 bridgehead atoms. The van der Waals surface area contributed by atoms with E-state index in [1.54, 1.807) is 41.5 Å². The van der Waals surface area contributed by atoms with Crippen LogP contribution in [0.5, 0.6) is 0 Å². The molecule has 0 aliphatic carbocycles. The van der Waals surface area contributed by atoms with Gasteiger partial charge < -0.3 is 9.47 Å². The van der Waals surface area contributed by atoms with E-state index in [0.717, 1.165) is 18.2 Å². The smallest absolute Gasteiger partial charge is 0.424 e. The number of rotatable bonds is 0. The molecule has 0 N–H and O–H groups in total. The Bertz CT molecular complexity index is 1040. The number of benzene rings is 1. The summed E-state index contributed by atoms with van der Waals surface area (Å²) in [5, 5.41) is 0. The van der Waals surface area contributed by atoms with Crippen molar-refractivity contribution in [2.24, 2.45) is 0 Å². The van der Waals surface area contributed by atoms with E-state index in [1.165, 1.54) is 18.2 Å². The van der Waals surface area contributed by atoms with Gasteiger partial charge in [-0.1, -0.05) is 18.2 Å². The molecule has 0 atom stereocenters. The Morgan fingerprint density at radius 3 is 1.41 bits per heavy atom. The minimum absolute atomic E-state index is 0.427. The van der Waals surface area contributed by atoms with E-state index < -0.39 is 66.3 Å². The summed E-state index contributed by atoms with van der Waals surface area (Å²) in [7, 11) is -8.92. The second kappa shape index (κ2) is 8.74. The number of fused-ring (bicyclic) bond motifs is 2. The van der Waals surface area contributed by atoms with E-state index in [9.17, 15) is 26.4 Å². The molecule has 1 aromatic carbocycles. The minimum atomic E-state index is -4.46. The van der Waals surface area contributed by atoms with Gasteiger partial charge in [0.2, 0.25) is 0 Å². The molecule has 12 heteroatoms. The van der Waals surface area contributed by atoms with Crippen LogP contribution in [0.25, 0.3) is 0 Å². The van der Waals surface area contributed by atoms with Crippen LogP contribution in [0.1, 0.15) is 41.5 Å². The molecule has 0 spiro atoms. The summed E-state index contributed by atoms with van der Waals surface area (Å²) in [6.45, 7) is 8.68. The van der Waals surface area contributed by atoms with Crippen molar-refractivity contribution < 1.29 is 35.9 Å². The van der Waals surface area contributed by atoms with E-state index in [2.05, 4.69) is 0 Å². The molecule has 0 saturated heterocycles. The Balaban J connectivity index is 2.62. The maximum atomic E-state index is 13.2. The highest BCUT2D eigenvalue weighted by Gasteiger charge is 2.36. The average Bonchev–Trinajstić information content (AvgIpc) is 2.61. The lowest BCUT2D eigenvalue weighted by molar-refractivity contribution is 0.0388. The number of ether oxygens (including phenoxy) is 2. The number of sulfonamides is 2. The number of nitrogens with zero attached hydrogens (tertiary/aromatic N) is 2. The quantitative estimate of drug-likeness (QED) is 0.510. The van der Waals surface area contributed by atoms with E-state index in [0.29, 0.717) is 8.61 Å². The number of amides is 2. The van der Waals surface area contributed by atoms with Gasteiger partial charge in [-0.15, -0.1) is 0 Å². The van der Waals surface area contributed by atoms with Gasteiger partial charge in [-0.25, -0.2) is 26.4 Å². The second-order valence-corrected chi connectivity index (χ2v) is 12.7. The monoisotopic (exact) mass is 488 g/mol. The number of hydrogen-bond donors (Lipinski definition) is 0. The summed E-state index contributed by atoms with van der Waals surface area (Å²) in [5.74, 6) is 0. The van der Waals surface area contributed by atoms with Gasteiger partial charge >= 0.3 is 12.2 Å². The molecular formula is C20H28N2O8S2. The van der Waals surface area contributed by atoms with Gasteiger partial charge in [0, 0.05) is 0 Å².